The number of sulfonamides is 1. The molecule has 9 heteroatoms. The Labute approximate surface area is 139 Å². The topological polar surface area (TPSA) is 111 Å². The molecule has 0 amide bonds. The third-order valence-electron chi connectivity index (χ3n) is 2.97. The molecule has 24 heavy (non-hydrogen) atoms. The molecule has 0 aromatic heterocycles. The van der Waals surface area contributed by atoms with E-state index in [1.54, 1.807) is 32.0 Å². The van der Waals surface area contributed by atoms with Gasteiger partial charge in [-0.3, -0.25) is 14.5 Å². The molecular weight excluding hydrogens is 336 g/mol. The normalized spacial score (nSPS) is 16.5. The molecule has 0 saturated heterocycles. The molecule has 1 aromatic carbocycles. The van der Waals surface area contributed by atoms with Crippen LogP contribution in [0.5, 0.6) is 0 Å². The van der Waals surface area contributed by atoms with E-state index in [9.17, 15) is 18.0 Å². The molecule has 0 bridgehead atoms. The fourth-order valence-electron chi connectivity index (χ4n) is 2.02. The first-order chi connectivity index (χ1) is 11.3. The first kappa shape index (κ1) is 17.9. The molecule has 130 valence electrons. The Bertz CT molecular complexity index is 770. The lowest BCUT2D eigenvalue weighted by Gasteiger charge is -2.08. The number of hydrogen-bond donors (Lipinski definition) is 1. The summed E-state index contributed by atoms with van der Waals surface area (Å²) in [4.78, 5) is 27.0. The van der Waals surface area contributed by atoms with E-state index in [4.69, 9.17) is 9.47 Å². The second-order valence-corrected chi connectivity index (χ2v) is 6.93. The fourth-order valence-corrected chi connectivity index (χ4v) is 3.27. The van der Waals surface area contributed by atoms with Gasteiger partial charge in [-0.15, -0.1) is 0 Å². The summed E-state index contributed by atoms with van der Waals surface area (Å²) in [5.41, 5.74) is 0.464. The lowest BCUT2D eigenvalue weighted by molar-refractivity contribution is -0.161. The zero-order valence-electron chi connectivity index (χ0n) is 13.3. The number of carbonyl (C=O) groups excluding carboxylic acids is 2. The Balaban J connectivity index is 1.87. The van der Waals surface area contributed by atoms with Gasteiger partial charge >= 0.3 is 11.9 Å². The Morgan fingerprint density at radius 1 is 1.21 bits per heavy atom. The predicted molar refractivity (Wildman–Crippen MR) is 85.0 cm³/mol. The van der Waals surface area contributed by atoms with Gasteiger partial charge in [-0.1, -0.05) is 12.1 Å². The Morgan fingerprint density at radius 3 is 2.62 bits per heavy atom. The highest BCUT2D eigenvalue weighted by molar-refractivity contribution is 7.90. The van der Waals surface area contributed by atoms with E-state index in [1.165, 1.54) is 6.07 Å². The summed E-state index contributed by atoms with van der Waals surface area (Å²) in [6.45, 7) is 2.96. The van der Waals surface area contributed by atoms with Gasteiger partial charge in [0.05, 0.1) is 24.0 Å². The van der Waals surface area contributed by atoms with Crippen molar-refractivity contribution in [1.29, 1.82) is 0 Å². The summed E-state index contributed by atoms with van der Waals surface area (Å²) in [5, 5.41) is 0. The summed E-state index contributed by atoms with van der Waals surface area (Å²) in [5.74, 6) is -1.05. The van der Waals surface area contributed by atoms with Crippen molar-refractivity contribution < 1.29 is 27.5 Å². The molecule has 1 aliphatic heterocycles. The van der Waals surface area contributed by atoms with Crippen molar-refractivity contribution in [3.63, 3.8) is 0 Å². The number of fused-ring (bicyclic) bond motifs is 1. The lowest BCUT2D eigenvalue weighted by Crippen LogP contribution is -2.23. The van der Waals surface area contributed by atoms with Gasteiger partial charge in [-0.2, -0.15) is 0 Å². The first-order valence-electron chi connectivity index (χ1n) is 7.31. The summed E-state index contributed by atoms with van der Waals surface area (Å²) >= 11 is 0. The molecule has 1 aliphatic rings. The van der Waals surface area contributed by atoms with E-state index in [0.29, 0.717) is 5.56 Å². The van der Waals surface area contributed by atoms with Crippen LogP contribution in [0.4, 0.5) is 0 Å². The Kier molecular flexibility index (Phi) is 5.55. The molecule has 8 nitrogen and oxygen atoms in total. The number of benzene rings is 1. The molecular formula is C15H18N2O6S. The number of carbonyl (C=O) groups is 2. The number of amidine groups is 1. The SMILES string of the molecule is CC(C)OC(=O)COC(=O)CCN=C1NS(=O)(=O)c2ccccc21. The van der Waals surface area contributed by atoms with Crippen molar-refractivity contribution in [1.82, 2.24) is 4.72 Å². The molecule has 1 N–H and O–H groups in total. The van der Waals surface area contributed by atoms with E-state index in [2.05, 4.69) is 9.71 Å². The summed E-state index contributed by atoms with van der Waals surface area (Å²) < 4.78 is 35.7. The third kappa shape index (κ3) is 4.54. The van der Waals surface area contributed by atoms with Gasteiger partial charge in [0.1, 0.15) is 5.84 Å². The largest absolute Gasteiger partial charge is 0.460 e. The number of hydrogen-bond acceptors (Lipinski definition) is 7. The molecule has 2 rings (SSSR count). The van der Waals surface area contributed by atoms with Crippen LogP contribution in [0.1, 0.15) is 25.8 Å². The van der Waals surface area contributed by atoms with E-state index >= 15 is 0 Å². The van der Waals surface area contributed by atoms with E-state index < -0.39 is 28.6 Å². The van der Waals surface area contributed by atoms with E-state index in [0.717, 1.165) is 0 Å². The van der Waals surface area contributed by atoms with Crippen LogP contribution in [-0.4, -0.2) is 45.4 Å². The van der Waals surface area contributed by atoms with Crippen LogP contribution in [0.2, 0.25) is 0 Å². The van der Waals surface area contributed by atoms with Crippen LogP contribution in [-0.2, 0) is 29.1 Å². The van der Waals surface area contributed by atoms with Crippen LogP contribution in [0.3, 0.4) is 0 Å². The zero-order chi connectivity index (χ0) is 17.7. The summed E-state index contributed by atoms with van der Waals surface area (Å²) in [7, 11) is -3.60. The van der Waals surface area contributed by atoms with Gasteiger partial charge in [-0.05, 0) is 26.0 Å². The Hall–Kier alpha value is -2.42. The van der Waals surface area contributed by atoms with Crippen molar-refractivity contribution in [3.05, 3.63) is 29.8 Å². The van der Waals surface area contributed by atoms with E-state index in [1.807, 2.05) is 0 Å². The summed E-state index contributed by atoms with van der Waals surface area (Å²) in [6.07, 6.45) is -0.361. The van der Waals surface area contributed by atoms with Crippen LogP contribution in [0, 0.1) is 0 Å². The monoisotopic (exact) mass is 354 g/mol. The maximum absolute atomic E-state index is 11.9. The number of aliphatic imine (C=N–C) groups is 1. The van der Waals surface area contributed by atoms with Crippen molar-refractivity contribution in [2.24, 2.45) is 4.99 Å². The number of esters is 2. The van der Waals surface area contributed by atoms with Crippen LogP contribution >= 0.6 is 0 Å². The number of rotatable bonds is 6. The number of nitrogens with one attached hydrogen (secondary N) is 1. The number of ether oxygens (including phenoxy) is 2. The molecule has 0 spiro atoms. The molecule has 0 atom stereocenters. The highest BCUT2D eigenvalue weighted by atomic mass is 32.2. The lowest BCUT2D eigenvalue weighted by atomic mass is 10.2. The average Bonchev–Trinajstić information content (AvgIpc) is 2.76. The standard InChI is InChI=1S/C15H18N2O6S/c1-10(2)23-14(19)9-22-13(18)7-8-16-15-11-5-3-4-6-12(11)24(20,21)17-15/h3-6,10H,7-9H2,1-2H3,(H,16,17). The molecule has 0 fully saturated rings. The maximum Gasteiger partial charge on any atom is 0.344 e. The van der Waals surface area contributed by atoms with Crippen molar-refractivity contribution in [2.75, 3.05) is 13.2 Å². The Morgan fingerprint density at radius 2 is 1.92 bits per heavy atom. The molecule has 0 radical (unpaired) electrons. The highest BCUT2D eigenvalue weighted by Crippen LogP contribution is 2.22. The van der Waals surface area contributed by atoms with Crippen LogP contribution in [0.15, 0.2) is 34.2 Å². The van der Waals surface area contributed by atoms with Crippen LogP contribution in [0.25, 0.3) is 0 Å². The van der Waals surface area contributed by atoms with Crippen molar-refractivity contribution in [2.45, 2.75) is 31.3 Å². The molecule has 1 heterocycles. The van der Waals surface area contributed by atoms with Gasteiger partial charge < -0.3 is 9.47 Å². The molecule has 0 aliphatic carbocycles. The predicted octanol–water partition coefficient (Wildman–Crippen LogP) is 0.610. The van der Waals surface area contributed by atoms with Gasteiger partial charge in [-0.25, -0.2) is 13.2 Å². The maximum atomic E-state index is 11.9. The van der Waals surface area contributed by atoms with Gasteiger partial charge in [0.2, 0.25) is 0 Å². The van der Waals surface area contributed by atoms with Crippen molar-refractivity contribution in [3.8, 4) is 0 Å². The van der Waals surface area contributed by atoms with Gasteiger partial charge in [0.15, 0.2) is 6.61 Å². The quantitative estimate of drug-likeness (QED) is 0.749. The first-order valence-corrected chi connectivity index (χ1v) is 8.79. The zero-order valence-corrected chi connectivity index (χ0v) is 14.1. The van der Waals surface area contributed by atoms with Crippen molar-refractivity contribution >= 4 is 27.8 Å². The van der Waals surface area contributed by atoms with Gasteiger partial charge in [0, 0.05) is 5.56 Å². The van der Waals surface area contributed by atoms with E-state index in [-0.39, 0.29) is 29.8 Å². The minimum absolute atomic E-state index is 0.0320. The second-order valence-electron chi connectivity index (χ2n) is 5.28. The molecule has 0 saturated carbocycles. The smallest absolute Gasteiger partial charge is 0.344 e. The van der Waals surface area contributed by atoms with Crippen LogP contribution < -0.4 is 4.72 Å². The minimum atomic E-state index is -3.60. The molecule has 1 aromatic rings. The fraction of sp³-hybridized carbons (Fsp3) is 0.400. The minimum Gasteiger partial charge on any atom is -0.460 e. The van der Waals surface area contributed by atoms with Gasteiger partial charge in [0.25, 0.3) is 10.0 Å². The summed E-state index contributed by atoms with van der Waals surface area (Å²) in [6, 6.07) is 6.43. The molecule has 0 unspecified atom stereocenters. The highest BCUT2D eigenvalue weighted by Gasteiger charge is 2.29. The second kappa shape index (κ2) is 7.43. The number of nitrogens with zero attached hydrogens (tertiary/aromatic N) is 1. The third-order valence-corrected chi connectivity index (χ3v) is 4.36. The average molecular weight is 354 g/mol.